The van der Waals surface area contributed by atoms with Crippen LogP contribution in [0.15, 0.2) is 23.3 Å². The van der Waals surface area contributed by atoms with Gasteiger partial charge < -0.3 is 15.5 Å². The molecule has 1 aromatic heterocycles. The van der Waals surface area contributed by atoms with E-state index in [1.54, 1.807) is 0 Å². The van der Waals surface area contributed by atoms with E-state index in [1.807, 2.05) is 38.3 Å². The Bertz CT molecular complexity index is 452. The molecule has 1 unspecified atom stereocenters. The molecule has 0 amide bonds. The van der Waals surface area contributed by atoms with Gasteiger partial charge >= 0.3 is 0 Å². The number of nitrogens with zero attached hydrogens (tertiary/aromatic N) is 3. The molecule has 0 aromatic carbocycles. The van der Waals surface area contributed by atoms with Crippen molar-refractivity contribution in [3.63, 3.8) is 0 Å². The first-order chi connectivity index (χ1) is 10.2. The molecule has 1 atom stereocenters. The molecule has 0 bridgehead atoms. The number of hydrogen-bond acceptors (Lipinski definition) is 4. The SMILES string of the molecule is CN=C(NCc1ccc(N(C)C)nc1)NCC1CCCS1. The Balaban J connectivity index is 1.76. The molecule has 21 heavy (non-hydrogen) atoms. The van der Waals surface area contributed by atoms with E-state index in [0.717, 1.165) is 35.7 Å². The van der Waals surface area contributed by atoms with E-state index in [1.165, 1.54) is 18.6 Å². The smallest absolute Gasteiger partial charge is 0.191 e. The van der Waals surface area contributed by atoms with Gasteiger partial charge in [0, 0.05) is 45.7 Å². The van der Waals surface area contributed by atoms with Crippen molar-refractivity contribution in [2.45, 2.75) is 24.6 Å². The van der Waals surface area contributed by atoms with Gasteiger partial charge in [-0.2, -0.15) is 11.8 Å². The summed E-state index contributed by atoms with van der Waals surface area (Å²) in [5.41, 5.74) is 1.15. The lowest BCUT2D eigenvalue weighted by molar-refractivity contribution is 0.725. The molecule has 0 spiro atoms. The van der Waals surface area contributed by atoms with E-state index in [-0.39, 0.29) is 0 Å². The Kier molecular flexibility index (Phi) is 6.17. The van der Waals surface area contributed by atoms with Gasteiger partial charge in [-0.3, -0.25) is 4.99 Å². The van der Waals surface area contributed by atoms with Crippen molar-refractivity contribution in [2.24, 2.45) is 4.99 Å². The molecular weight excluding hydrogens is 282 g/mol. The highest BCUT2D eigenvalue weighted by Crippen LogP contribution is 2.25. The highest BCUT2D eigenvalue weighted by Gasteiger charge is 2.15. The minimum Gasteiger partial charge on any atom is -0.363 e. The van der Waals surface area contributed by atoms with E-state index < -0.39 is 0 Å². The maximum Gasteiger partial charge on any atom is 0.191 e. The Hall–Kier alpha value is -1.43. The van der Waals surface area contributed by atoms with Crippen molar-refractivity contribution >= 4 is 23.5 Å². The molecule has 6 heteroatoms. The molecular formula is C15H25N5S. The normalized spacial score (nSPS) is 18.6. The van der Waals surface area contributed by atoms with Crippen molar-refractivity contribution in [3.05, 3.63) is 23.9 Å². The Morgan fingerprint density at radius 3 is 2.86 bits per heavy atom. The van der Waals surface area contributed by atoms with Crippen molar-refractivity contribution in [3.8, 4) is 0 Å². The Morgan fingerprint density at radius 2 is 2.29 bits per heavy atom. The summed E-state index contributed by atoms with van der Waals surface area (Å²) in [6, 6.07) is 4.12. The molecule has 5 nitrogen and oxygen atoms in total. The van der Waals surface area contributed by atoms with Gasteiger partial charge in [-0.1, -0.05) is 6.07 Å². The van der Waals surface area contributed by atoms with Crippen molar-refractivity contribution in [1.29, 1.82) is 0 Å². The predicted octanol–water partition coefficient (Wildman–Crippen LogP) is 1.71. The van der Waals surface area contributed by atoms with E-state index >= 15 is 0 Å². The summed E-state index contributed by atoms with van der Waals surface area (Å²) in [5.74, 6) is 3.13. The van der Waals surface area contributed by atoms with E-state index in [9.17, 15) is 0 Å². The lowest BCUT2D eigenvalue weighted by atomic mass is 10.2. The molecule has 1 saturated heterocycles. The van der Waals surface area contributed by atoms with Gasteiger partial charge in [0.25, 0.3) is 0 Å². The lowest BCUT2D eigenvalue weighted by Gasteiger charge is -2.15. The Labute approximate surface area is 131 Å². The van der Waals surface area contributed by atoms with Gasteiger partial charge in [-0.25, -0.2) is 4.98 Å². The fourth-order valence-electron chi connectivity index (χ4n) is 2.21. The molecule has 1 aliphatic heterocycles. The minimum absolute atomic E-state index is 0.726. The van der Waals surface area contributed by atoms with Crippen LogP contribution >= 0.6 is 11.8 Å². The second kappa shape index (κ2) is 8.12. The quantitative estimate of drug-likeness (QED) is 0.641. The van der Waals surface area contributed by atoms with Crippen LogP contribution in [0.1, 0.15) is 18.4 Å². The Morgan fingerprint density at radius 1 is 1.43 bits per heavy atom. The number of aliphatic imine (C=N–C) groups is 1. The number of pyridine rings is 1. The molecule has 116 valence electrons. The first-order valence-electron chi connectivity index (χ1n) is 7.37. The number of nitrogens with one attached hydrogen (secondary N) is 2. The van der Waals surface area contributed by atoms with Crippen LogP contribution in [0.4, 0.5) is 5.82 Å². The number of guanidine groups is 1. The summed E-state index contributed by atoms with van der Waals surface area (Å²) in [5, 5.41) is 7.46. The van der Waals surface area contributed by atoms with Gasteiger partial charge in [-0.15, -0.1) is 0 Å². The zero-order valence-electron chi connectivity index (χ0n) is 13.1. The predicted molar refractivity (Wildman–Crippen MR) is 92.2 cm³/mol. The maximum atomic E-state index is 4.41. The van der Waals surface area contributed by atoms with Gasteiger partial charge in [0.15, 0.2) is 5.96 Å². The van der Waals surface area contributed by atoms with Gasteiger partial charge in [0.1, 0.15) is 5.82 Å². The summed E-state index contributed by atoms with van der Waals surface area (Å²) in [6.45, 7) is 1.72. The van der Waals surface area contributed by atoms with Crippen LogP contribution in [0.5, 0.6) is 0 Å². The van der Waals surface area contributed by atoms with Crippen LogP contribution in [0.2, 0.25) is 0 Å². The number of aromatic nitrogens is 1. The molecule has 2 N–H and O–H groups in total. The monoisotopic (exact) mass is 307 g/mol. The third kappa shape index (κ3) is 5.12. The number of rotatable bonds is 5. The van der Waals surface area contributed by atoms with Crippen LogP contribution in [-0.2, 0) is 6.54 Å². The van der Waals surface area contributed by atoms with Crippen molar-refractivity contribution in [2.75, 3.05) is 38.3 Å². The summed E-state index contributed by atoms with van der Waals surface area (Å²) in [4.78, 5) is 10.7. The van der Waals surface area contributed by atoms with Crippen molar-refractivity contribution < 1.29 is 0 Å². The molecule has 0 aliphatic carbocycles. The van der Waals surface area contributed by atoms with E-state index in [4.69, 9.17) is 0 Å². The summed E-state index contributed by atoms with van der Waals surface area (Å²) < 4.78 is 0. The van der Waals surface area contributed by atoms with E-state index in [0.29, 0.717) is 0 Å². The van der Waals surface area contributed by atoms with Crippen LogP contribution in [0, 0.1) is 0 Å². The highest BCUT2D eigenvalue weighted by molar-refractivity contribution is 8.00. The standard InChI is InChI=1S/C15H25N5S/c1-16-15(19-11-13-5-4-8-21-13)18-10-12-6-7-14(17-9-12)20(2)3/h6-7,9,13H,4-5,8,10-11H2,1-3H3,(H2,16,18,19). The maximum absolute atomic E-state index is 4.41. The largest absolute Gasteiger partial charge is 0.363 e. The van der Waals surface area contributed by atoms with Crippen LogP contribution < -0.4 is 15.5 Å². The number of thioether (sulfide) groups is 1. The van der Waals surface area contributed by atoms with Crippen LogP contribution in [0.25, 0.3) is 0 Å². The zero-order chi connectivity index (χ0) is 15.1. The third-order valence-corrected chi connectivity index (χ3v) is 4.87. The fraction of sp³-hybridized carbons (Fsp3) is 0.600. The molecule has 2 rings (SSSR count). The number of anilines is 1. The van der Waals surface area contributed by atoms with Crippen molar-refractivity contribution in [1.82, 2.24) is 15.6 Å². The molecule has 2 heterocycles. The van der Waals surface area contributed by atoms with E-state index in [2.05, 4.69) is 38.4 Å². The molecule has 1 aliphatic rings. The molecule has 0 radical (unpaired) electrons. The summed E-state index contributed by atoms with van der Waals surface area (Å²) >= 11 is 2.05. The molecule has 1 aromatic rings. The first-order valence-corrected chi connectivity index (χ1v) is 8.42. The summed E-state index contributed by atoms with van der Waals surface area (Å²) in [7, 11) is 5.80. The van der Waals surface area contributed by atoms with Crippen LogP contribution in [-0.4, -0.2) is 49.6 Å². The van der Waals surface area contributed by atoms with Crippen LogP contribution in [0.3, 0.4) is 0 Å². The first kappa shape index (κ1) is 15.9. The summed E-state index contributed by atoms with van der Waals surface area (Å²) in [6.07, 6.45) is 4.56. The third-order valence-electron chi connectivity index (χ3n) is 3.47. The number of hydrogen-bond donors (Lipinski definition) is 2. The molecule has 0 saturated carbocycles. The van der Waals surface area contributed by atoms with Gasteiger partial charge in [0.2, 0.25) is 0 Å². The van der Waals surface area contributed by atoms with Gasteiger partial charge in [0.05, 0.1) is 0 Å². The average Bonchev–Trinajstić information content (AvgIpc) is 3.01. The topological polar surface area (TPSA) is 52.6 Å². The minimum atomic E-state index is 0.726. The fourth-order valence-corrected chi connectivity index (χ4v) is 3.41. The second-order valence-corrected chi connectivity index (χ2v) is 6.77. The average molecular weight is 307 g/mol. The zero-order valence-corrected chi connectivity index (χ0v) is 13.9. The highest BCUT2D eigenvalue weighted by atomic mass is 32.2. The second-order valence-electron chi connectivity index (χ2n) is 5.36. The molecule has 1 fully saturated rings. The van der Waals surface area contributed by atoms with Gasteiger partial charge in [-0.05, 0) is 30.2 Å². The lowest BCUT2D eigenvalue weighted by Crippen LogP contribution is -2.39.